The van der Waals surface area contributed by atoms with Crippen LogP contribution >= 0.6 is 0 Å². The fraction of sp³-hybridized carbons (Fsp3) is 0.750. The van der Waals surface area contributed by atoms with Gasteiger partial charge in [0.2, 0.25) is 0 Å². The summed E-state index contributed by atoms with van der Waals surface area (Å²) in [5, 5.41) is 0. The van der Waals surface area contributed by atoms with Crippen molar-refractivity contribution in [2.75, 3.05) is 13.2 Å². The average molecular weight is 811 g/mol. The van der Waals surface area contributed by atoms with Crippen molar-refractivity contribution in [3.8, 4) is 0 Å². The number of allylic oxidation sites excluding steroid dienone is 10. The van der Waals surface area contributed by atoms with Gasteiger partial charge in [-0.05, 0) is 51.4 Å². The van der Waals surface area contributed by atoms with Crippen LogP contribution in [0.15, 0.2) is 60.8 Å². The topological polar surface area (TPSA) is 78.9 Å². The zero-order valence-electron chi connectivity index (χ0n) is 38.0. The Hall–Kier alpha value is -2.89. The molecule has 0 bridgehead atoms. The van der Waals surface area contributed by atoms with Crippen molar-refractivity contribution in [1.82, 2.24) is 0 Å². The largest absolute Gasteiger partial charge is 0.462 e. The van der Waals surface area contributed by atoms with Crippen LogP contribution in [0.1, 0.15) is 233 Å². The number of rotatable bonds is 43. The van der Waals surface area contributed by atoms with Crippen LogP contribution in [0.2, 0.25) is 0 Å². The smallest absolute Gasteiger partial charge is 0.306 e. The van der Waals surface area contributed by atoms with Crippen molar-refractivity contribution in [3.63, 3.8) is 0 Å². The lowest BCUT2D eigenvalue weighted by molar-refractivity contribution is -0.166. The Balaban J connectivity index is 4.47. The normalized spacial score (nSPS) is 12.5. The summed E-state index contributed by atoms with van der Waals surface area (Å²) in [4.78, 5) is 37.8. The molecule has 0 heterocycles. The number of carbonyl (C=O) groups excluding carboxylic acids is 3. The molecule has 0 aromatic heterocycles. The number of unbranched alkanes of at least 4 members (excludes halogenated alkanes) is 22. The fourth-order valence-corrected chi connectivity index (χ4v) is 6.67. The Morgan fingerprint density at radius 2 is 0.672 bits per heavy atom. The number of esters is 3. The third kappa shape index (κ3) is 44.2. The minimum absolute atomic E-state index is 0.0939. The quantitative estimate of drug-likeness (QED) is 0.0264. The van der Waals surface area contributed by atoms with Gasteiger partial charge in [-0.3, -0.25) is 14.4 Å². The summed E-state index contributed by atoms with van der Waals surface area (Å²) in [6, 6.07) is 0. The molecule has 0 N–H and O–H groups in total. The Labute approximate surface area is 358 Å². The molecule has 6 heteroatoms. The average Bonchev–Trinajstić information content (AvgIpc) is 3.22. The van der Waals surface area contributed by atoms with Gasteiger partial charge in [0.25, 0.3) is 0 Å². The van der Waals surface area contributed by atoms with Crippen molar-refractivity contribution in [2.24, 2.45) is 0 Å². The van der Waals surface area contributed by atoms with Crippen LogP contribution in [0.4, 0.5) is 0 Å². The van der Waals surface area contributed by atoms with Crippen LogP contribution in [0.3, 0.4) is 0 Å². The van der Waals surface area contributed by atoms with E-state index in [2.05, 4.69) is 75.5 Å². The van der Waals surface area contributed by atoms with Gasteiger partial charge in [-0.25, -0.2) is 0 Å². The molecule has 0 fully saturated rings. The molecule has 0 aliphatic rings. The van der Waals surface area contributed by atoms with Crippen molar-refractivity contribution in [1.29, 1.82) is 0 Å². The van der Waals surface area contributed by atoms with E-state index in [-0.39, 0.29) is 37.5 Å². The fourth-order valence-electron chi connectivity index (χ4n) is 6.67. The maximum atomic E-state index is 12.7. The molecule has 334 valence electrons. The predicted octanol–water partition coefficient (Wildman–Crippen LogP) is 15.7. The molecule has 0 aliphatic heterocycles. The van der Waals surface area contributed by atoms with E-state index in [1.165, 1.54) is 116 Å². The van der Waals surface area contributed by atoms with E-state index in [0.717, 1.165) is 70.6 Å². The van der Waals surface area contributed by atoms with Gasteiger partial charge in [0.15, 0.2) is 6.10 Å². The second-order valence-electron chi connectivity index (χ2n) is 16.0. The van der Waals surface area contributed by atoms with Crippen LogP contribution in [0.25, 0.3) is 0 Å². The SMILES string of the molecule is CC/C=C\C/C=C\C/C=C\C/C=C\C/C=C\CCC(=O)OCC(COC(=O)CCCCCCCCCCCCCC)OC(=O)CCCCCCCCCCCCCC. The molecule has 0 radical (unpaired) electrons. The summed E-state index contributed by atoms with van der Waals surface area (Å²) in [6.45, 7) is 6.45. The van der Waals surface area contributed by atoms with Crippen LogP contribution in [-0.2, 0) is 28.6 Å². The summed E-state index contributed by atoms with van der Waals surface area (Å²) in [5.74, 6) is -0.978. The maximum absolute atomic E-state index is 12.7. The Bertz CT molecular complexity index is 1070. The molecule has 0 saturated carbocycles. The van der Waals surface area contributed by atoms with Gasteiger partial charge in [0.05, 0.1) is 0 Å². The minimum Gasteiger partial charge on any atom is -0.462 e. The van der Waals surface area contributed by atoms with Crippen LogP contribution in [0, 0.1) is 0 Å². The number of carbonyl (C=O) groups is 3. The van der Waals surface area contributed by atoms with Crippen LogP contribution in [0.5, 0.6) is 0 Å². The van der Waals surface area contributed by atoms with Crippen molar-refractivity contribution < 1.29 is 28.6 Å². The van der Waals surface area contributed by atoms with Crippen LogP contribution in [-0.4, -0.2) is 37.2 Å². The lowest BCUT2D eigenvalue weighted by atomic mass is 10.0. The molecule has 0 spiro atoms. The molecular formula is C52H90O6. The van der Waals surface area contributed by atoms with Crippen molar-refractivity contribution in [2.45, 2.75) is 239 Å². The number of hydrogen-bond donors (Lipinski definition) is 0. The predicted molar refractivity (Wildman–Crippen MR) is 247 cm³/mol. The summed E-state index contributed by atoms with van der Waals surface area (Å²) in [6.07, 6.45) is 56.4. The van der Waals surface area contributed by atoms with E-state index >= 15 is 0 Å². The zero-order valence-corrected chi connectivity index (χ0v) is 38.0. The lowest BCUT2D eigenvalue weighted by Crippen LogP contribution is -2.30. The van der Waals surface area contributed by atoms with E-state index in [1.807, 2.05) is 6.08 Å². The molecule has 0 amide bonds. The Kier molecular flexibility index (Phi) is 44.5. The van der Waals surface area contributed by atoms with E-state index in [9.17, 15) is 14.4 Å². The van der Waals surface area contributed by atoms with E-state index < -0.39 is 6.10 Å². The van der Waals surface area contributed by atoms with Gasteiger partial charge in [0, 0.05) is 19.3 Å². The summed E-state index contributed by atoms with van der Waals surface area (Å²) < 4.78 is 16.7. The molecule has 58 heavy (non-hydrogen) atoms. The first-order chi connectivity index (χ1) is 28.5. The Morgan fingerprint density at radius 1 is 0.362 bits per heavy atom. The molecule has 0 aromatic rings. The van der Waals surface area contributed by atoms with E-state index in [4.69, 9.17) is 14.2 Å². The summed E-state index contributed by atoms with van der Waals surface area (Å²) in [7, 11) is 0. The van der Waals surface area contributed by atoms with E-state index in [1.54, 1.807) is 0 Å². The summed E-state index contributed by atoms with van der Waals surface area (Å²) in [5.41, 5.74) is 0. The first-order valence-corrected chi connectivity index (χ1v) is 24.3. The van der Waals surface area contributed by atoms with Crippen LogP contribution < -0.4 is 0 Å². The number of hydrogen-bond acceptors (Lipinski definition) is 6. The Morgan fingerprint density at radius 3 is 1.05 bits per heavy atom. The summed E-state index contributed by atoms with van der Waals surface area (Å²) >= 11 is 0. The monoisotopic (exact) mass is 811 g/mol. The molecule has 0 aliphatic carbocycles. The second kappa shape index (κ2) is 46.8. The third-order valence-corrected chi connectivity index (χ3v) is 10.3. The third-order valence-electron chi connectivity index (χ3n) is 10.3. The molecule has 6 nitrogen and oxygen atoms in total. The maximum Gasteiger partial charge on any atom is 0.306 e. The van der Waals surface area contributed by atoms with Gasteiger partial charge >= 0.3 is 17.9 Å². The molecule has 0 saturated heterocycles. The molecule has 0 aromatic carbocycles. The highest BCUT2D eigenvalue weighted by Gasteiger charge is 2.19. The standard InChI is InChI=1S/C52H90O6/c1-4-7-10-13-16-19-22-25-26-27-28-31-33-36-39-42-45-51(54)57-48-49(58-52(55)46-43-40-37-34-30-24-21-18-15-12-9-6-3)47-56-50(53)44-41-38-35-32-29-23-20-17-14-11-8-5-2/h7,10,16,19,25-26,28,31,36,39,49H,4-6,8-9,11-15,17-18,20-24,27,29-30,32-35,37-38,40-48H2,1-3H3/b10-7-,19-16-,26-25-,31-28-,39-36-. The van der Waals surface area contributed by atoms with Gasteiger partial charge in [-0.2, -0.15) is 0 Å². The number of ether oxygens (including phenoxy) is 3. The highest BCUT2D eigenvalue weighted by atomic mass is 16.6. The minimum atomic E-state index is -0.798. The molecule has 1 unspecified atom stereocenters. The van der Waals surface area contributed by atoms with Crippen molar-refractivity contribution >= 4 is 17.9 Å². The van der Waals surface area contributed by atoms with E-state index in [0.29, 0.717) is 19.3 Å². The van der Waals surface area contributed by atoms with Gasteiger partial charge < -0.3 is 14.2 Å². The van der Waals surface area contributed by atoms with Gasteiger partial charge in [-0.1, -0.05) is 223 Å². The molecule has 1 atom stereocenters. The highest BCUT2D eigenvalue weighted by molar-refractivity contribution is 5.71. The highest BCUT2D eigenvalue weighted by Crippen LogP contribution is 2.15. The molecular weight excluding hydrogens is 721 g/mol. The lowest BCUT2D eigenvalue weighted by Gasteiger charge is -2.18. The first kappa shape index (κ1) is 55.1. The first-order valence-electron chi connectivity index (χ1n) is 24.3. The molecule has 0 rings (SSSR count). The zero-order chi connectivity index (χ0) is 42.3. The van der Waals surface area contributed by atoms with Gasteiger partial charge in [0.1, 0.15) is 13.2 Å². The second-order valence-corrected chi connectivity index (χ2v) is 16.0. The van der Waals surface area contributed by atoms with Crippen molar-refractivity contribution in [3.05, 3.63) is 60.8 Å². The van der Waals surface area contributed by atoms with Gasteiger partial charge in [-0.15, -0.1) is 0 Å².